The summed E-state index contributed by atoms with van der Waals surface area (Å²) in [5.74, 6) is 0. The number of fused-ring (bicyclic) bond motifs is 1. The quantitative estimate of drug-likeness (QED) is 0.126. The molecule has 1 aliphatic rings. The summed E-state index contributed by atoms with van der Waals surface area (Å²) in [5.41, 5.74) is 11.4. The highest BCUT2D eigenvalue weighted by Crippen LogP contribution is 2.48. The van der Waals surface area contributed by atoms with E-state index in [0.29, 0.717) is 0 Å². The standard InChI is InChI=1S/C44H46N2/c1-7-34-23-27-36(28-24-34)32-43(3,4)38-18-13-15-20-40(38)45-31-17-11-9-10-12-22-42-44(5,33-37-29-25-35(8-2)26-30-37)39-19-14-16-21-41(39)46(42)6/h7-31,45H,1-2,32-33H2,3-6H3/p+1/b11-9+,12-10+,31-17+,42-22+. The van der Waals surface area contributed by atoms with Gasteiger partial charge in [0, 0.05) is 29.4 Å². The fraction of sp³-hybridized carbons (Fsp3) is 0.182. The van der Waals surface area contributed by atoms with Crippen LogP contribution in [0.3, 0.4) is 0 Å². The zero-order valence-electron chi connectivity index (χ0n) is 27.8. The van der Waals surface area contributed by atoms with Crippen molar-refractivity contribution in [2.75, 3.05) is 11.9 Å². The van der Waals surface area contributed by atoms with Crippen LogP contribution in [0.5, 0.6) is 0 Å². The Labute approximate surface area is 276 Å². The largest absolute Gasteiger partial charge is 0.347 e. The molecule has 0 aromatic heterocycles. The Hall–Kier alpha value is -4.92. The van der Waals surface area contributed by atoms with Gasteiger partial charge < -0.3 is 4.90 Å². The van der Waals surface area contributed by atoms with E-state index in [2.05, 4.69) is 191 Å². The van der Waals surface area contributed by atoms with Crippen LogP contribution in [-0.2, 0) is 23.7 Å². The Morgan fingerprint density at radius 3 is 2.00 bits per heavy atom. The molecule has 46 heavy (non-hydrogen) atoms. The summed E-state index contributed by atoms with van der Waals surface area (Å²) in [6, 6.07) is 35.0. The molecule has 0 spiro atoms. The van der Waals surface area contributed by atoms with Crippen molar-refractivity contribution in [2.24, 2.45) is 0 Å². The number of nitrogens with zero attached hydrogens (tertiary/aromatic N) is 1. The fourth-order valence-electron chi connectivity index (χ4n) is 6.73. The molecule has 232 valence electrons. The van der Waals surface area contributed by atoms with E-state index in [0.717, 1.165) is 24.0 Å². The van der Waals surface area contributed by atoms with Crippen LogP contribution in [-0.4, -0.2) is 7.05 Å². The maximum Gasteiger partial charge on any atom is 0.137 e. The van der Waals surface area contributed by atoms with Gasteiger partial charge in [-0.2, -0.15) is 0 Å². The number of hydrogen-bond donors (Lipinski definition) is 1. The molecule has 2 N–H and O–H groups in total. The predicted octanol–water partition coefficient (Wildman–Crippen LogP) is 9.85. The molecule has 0 saturated carbocycles. The second kappa shape index (κ2) is 14.5. The lowest BCUT2D eigenvalue weighted by atomic mass is 9.76. The summed E-state index contributed by atoms with van der Waals surface area (Å²) in [4.78, 5) is 2.34. The molecule has 0 aliphatic carbocycles. The first-order valence-corrected chi connectivity index (χ1v) is 16.2. The summed E-state index contributed by atoms with van der Waals surface area (Å²) in [7, 11) is 2.18. The van der Waals surface area contributed by atoms with E-state index in [1.165, 1.54) is 39.3 Å². The molecule has 0 saturated heterocycles. The number of para-hydroxylation sites is 2. The van der Waals surface area contributed by atoms with Gasteiger partial charge in [-0.15, -0.1) is 0 Å². The van der Waals surface area contributed by atoms with Crippen LogP contribution in [0.15, 0.2) is 159 Å². The third-order valence-corrected chi connectivity index (χ3v) is 9.20. The van der Waals surface area contributed by atoms with Crippen molar-refractivity contribution >= 4 is 23.5 Å². The topological polar surface area (TPSA) is 19.9 Å². The first kappa shape index (κ1) is 32.5. The number of rotatable bonds is 12. The van der Waals surface area contributed by atoms with Gasteiger partial charge >= 0.3 is 0 Å². The van der Waals surface area contributed by atoms with Crippen LogP contribution in [0, 0.1) is 0 Å². The van der Waals surface area contributed by atoms with Crippen molar-refractivity contribution in [1.82, 2.24) is 0 Å². The fourth-order valence-corrected chi connectivity index (χ4v) is 6.73. The number of allylic oxidation sites excluding steroid dienone is 7. The molecular weight excluding hydrogens is 556 g/mol. The monoisotopic (exact) mass is 603 g/mol. The van der Waals surface area contributed by atoms with Crippen molar-refractivity contribution in [3.05, 3.63) is 192 Å². The minimum atomic E-state index is -0.125. The molecule has 4 aromatic rings. The van der Waals surface area contributed by atoms with Crippen LogP contribution in [0.2, 0.25) is 0 Å². The van der Waals surface area contributed by atoms with Gasteiger partial charge in [0.05, 0.1) is 6.20 Å². The number of hydrogen-bond acceptors (Lipinski definition) is 1. The number of quaternary nitrogens is 1. The van der Waals surface area contributed by atoms with Gasteiger partial charge in [-0.1, -0.05) is 148 Å². The van der Waals surface area contributed by atoms with E-state index in [9.17, 15) is 0 Å². The summed E-state index contributed by atoms with van der Waals surface area (Å²) >= 11 is 0. The summed E-state index contributed by atoms with van der Waals surface area (Å²) in [5, 5.41) is 2.21. The van der Waals surface area contributed by atoms with Gasteiger partial charge in [-0.05, 0) is 77.3 Å². The molecule has 0 radical (unpaired) electrons. The van der Waals surface area contributed by atoms with Crippen LogP contribution in [0.1, 0.15) is 54.2 Å². The van der Waals surface area contributed by atoms with Crippen LogP contribution in [0.4, 0.5) is 11.4 Å². The highest BCUT2D eigenvalue weighted by Gasteiger charge is 2.41. The van der Waals surface area contributed by atoms with Crippen LogP contribution in [0.25, 0.3) is 12.2 Å². The van der Waals surface area contributed by atoms with Gasteiger partial charge in [-0.3, -0.25) is 5.32 Å². The van der Waals surface area contributed by atoms with E-state index in [1.807, 2.05) is 12.2 Å². The molecule has 1 atom stereocenters. The van der Waals surface area contributed by atoms with Gasteiger partial charge in [-0.25, -0.2) is 0 Å². The lowest BCUT2D eigenvalue weighted by molar-refractivity contribution is -0.497. The van der Waals surface area contributed by atoms with Crippen LogP contribution >= 0.6 is 0 Å². The van der Waals surface area contributed by atoms with Gasteiger partial charge in [0.1, 0.15) is 5.69 Å². The normalized spacial score (nSPS) is 17.4. The molecule has 0 bridgehead atoms. The lowest BCUT2D eigenvalue weighted by Gasteiger charge is -2.29. The van der Waals surface area contributed by atoms with Crippen LogP contribution < -0.4 is 10.2 Å². The van der Waals surface area contributed by atoms with Gasteiger partial charge in [0.25, 0.3) is 0 Å². The zero-order valence-corrected chi connectivity index (χ0v) is 27.8. The molecule has 5 rings (SSSR count). The highest BCUT2D eigenvalue weighted by atomic mass is 15.2. The second-order valence-corrected chi connectivity index (χ2v) is 13.0. The smallest absolute Gasteiger partial charge is 0.137 e. The maximum atomic E-state index is 3.90. The van der Waals surface area contributed by atoms with E-state index < -0.39 is 0 Å². The van der Waals surface area contributed by atoms with Crippen molar-refractivity contribution in [3.8, 4) is 0 Å². The zero-order chi connectivity index (χ0) is 32.6. The molecule has 4 aromatic carbocycles. The van der Waals surface area contributed by atoms with E-state index in [1.54, 1.807) is 0 Å². The molecule has 2 heteroatoms. The highest BCUT2D eigenvalue weighted by molar-refractivity contribution is 5.71. The van der Waals surface area contributed by atoms with Crippen molar-refractivity contribution in [3.63, 3.8) is 0 Å². The molecule has 0 fully saturated rings. The molecule has 1 unspecified atom stereocenters. The number of anilines is 1. The van der Waals surface area contributed by atoms with Crippen molar-refractivity contribution in [1.29, 1.82) is 0 Å². The predicted molar refractivity (Wildman–Crippen MR) is 199 cm³/mol. The Kier molecular flexibility index (Phi) is 10.2. The SMILES string of the molecule is C=Cc1ccc(CC(C)(C)c2ccccc2[NH2+]/C=C/C=C/C=C/C=C2/N(C)c3ccccc3C2(C)Cc2ccc(C=C)cc2)cc1. The Morgan fingerprint density at radius 1 is 0.717 bits per heavy atom. The Balaban J connectivity index is 1.25. The Morgan fingerprint density at radius 2 is 1.30 bits per heavy atom. The van der Waals surface area contributed by atoms with Gasteiger partial charge in [0.2, 0.25) is 0 Å². The summed E-state index contributed by atoms with van der Waals surface area (Å²) < 4.78 is 0. The summed E-state index contributed by atoms with van der Waals surface area (Å²) in [6.07, 6.45) is 20.6. The Bertz CT molecular complexity index is 1780. The first-order chi connectivity index (χ1) is 22.2. The molecule has 1 aliphatic heterocycles. The molecular formula is C44H47N2+. The first-order valence-electron chi connectivity index (χ1n) is 16.2. The minimum absolute atomic E-state index is 0.000685. The average Bonchev–Trinajstić information content (AvgIpc) is 3.28. The molecule has 0 amide bonds. The van der Waals surface area contributed by atoms with E-state index >= 15 is 0 Å². The number of benzene rings is 4. The second-order valence-electron chi connectivity index (χ2n) is 13.0. The van der Waals surface area contributed by atoms with E-state index in [4.69, 9.17) is 0 Å². The maximum absolute atomic E-state index is 3.90. The van der Waals surface area contributed by atoms with Crippen molar-refractivity contribution in [2.45, 2.75) is 44.4 Å². The summed E-state index contributed by atoms with van der Waals surface area (Å²) in [6.45, 7) is 14.8. The number of nitrogens with two attached hydrogens (primary N) is 1. The molecule has 2 nitrogen and oxygen atoms in total. The molecule has 1 heterocycles. The lowest BCUT2D eigenvalue weighted by Crippen LogP contribution is -2.71. The van der Waals surface area contributed by atoms with Crippen molar-refractivity contribution < 1.29 is 5.32 Å². The third kappa shape index (κ3) is 7.30. The van der Waals surface area contributed by atoms with E-state index in [-0.39, 0.29) is 10.8 Å². The number of likely N-dealkylation sites (N-methyl/N-ethyl adjacent to an activating group) is 1. The van der Waals surface area contributed by atoms with Gasteiger partial charge in [0.15, 0.2) is 0 Å². The average molecular weight is 604 g/mol. The minimum Gasteiger partial charge on any atom is -0.347 e. The third-order valence-electron chi connectivity index (χ3n) is 9.20.